The predicted octanol–water partition coefficient (Wildman–Crippen LogP) is 3.14. The molecule has 0 bridgehead atoms. The van der Waals surface area contributed by atoms with E-state index in [1.54, 1.807) is 18.7 Å². The van der Waals surface area contributed by atoms with Crippen LogP contribution < -0.4 is 10.6 Å². The second-order valence-electron chi connectivity index (χ2n) is 5.59. The van der Waals surface area contributed by atoms with Crippen LogP contribution in [0.15, 0.2) is 35.5 Å². The Morgan fingerprint density at radius 3 is 2.67 bits per heavy atom. The number of nitrogens with one attached hydrogen (secondary N) is 2. The SMILES string of the molecule is CCOC(=O)C1=C(CSCc2ccccc2C)NC(=O)N[C@H]1CC. The van der Waals surface area contributed by atoms with Gasteiger partial charge in [-0.2, -0.15) is 11.8 Å². The molecule has 6 heteroatoms. The third-order valence-corrected chi connectivity index (χ3v) is 4.92. The molecule has 0 radical (unpaired) electrons. The molecule has 0 saturated heterocycles. The summed E-state index contributed by atoms with van der Waals surface area (Å²) in [5.74, 6) is 1.03. The van der Waals surface area contributed by atoms with Gasteiger partial charge in [-0.1, -0.05) is 31.2 Å². The number of hydrogen-bond acceptors (Lipinski definition) is 4. The number of benzene rings is 1. The normalized spacial score (nSPS) is 17.3. The Balaban J connectivity index is 2.13. The summed E-state index contributed by atoms with van der Waals surface area (Å²) < 4.78 is 5.17. The van der Waals surface area contributed by atoms with Crippen molar-refractivity contribution >= 4 is 23.8 Å². The van der Waals surface area contributed by atoms with Crippen LogP contribution in [0.5, 0.6) is 0 Å². The van der Waals surface area contributed by atoms with Crippen LogP contribution >= 0.6 is 11.8 Å². The molecule has 1 aromatic carbocycles. The van der Waals surface area contributed by atoms with E-state index in [1.807, 2.05) is 19.1 Å². The van der Waals surface area contributed by atoms with Gasteiger partial charge in [-0.15, -0.1) is 0 Å². The summed E-state index contributed by atoms with van der Waals surface area (Å²) in [6.45, 7) is 6.11. The van der Waals surface area contributed by atoms with E-state index in [9.17, 15) is 9.59 Å². The summed E-state index contributed by atoms with van der Waals surface area (Å²) in [6.07, 6.45) is 0.646. The van der Waals surface area contributed by atoms with Crippen LogP contribution in [0.3, 0.4) is 0 Å². The smallest absolute Gasteiger partial charge is 0.337 e. The number of thioether (sulfide) groups is 1. The molecule has 24 heavy (non-hydrogen) atoms. The summed E-state index contributed by atoms with van der Waals surface area (Å²) in [7, 11) is 0. The third kappa shape index (κ3) is 4.54. The fraction of sp³-hybridized carbons (Fsp3) is 0.444. The van der Waals surface area contributed by atoms with Gasteiger partial charge in [0.25, 0.3) is 0 Å². The van der Waals surface area contributed by atoms with Gasteiger partial charge < -0.3 is 15.4 Å². The molecule has 5 nitrogen and oxygen atoms in total. The fourth-order valence-corrected chi connectivity index (χ4v) is 3.69. The average Bonchev–Trinajstić information content (AvgIpc) is 2.56. The minimum Gasteiger partial charge on any atom is -0.463 e. The van der Waals surface area contributed by atoms with Crippen LogP contribution in [-0.4, -0.2) is 30.4 Å². The lowest BCUT2D eigenvalue weighted by atomic mass is 10.0. The Labute approximate surface area is 147 Å². The molecule has 1 atom stereocenters. The average molecular weight is 348 g/mol. The van der Waals surface area contributed by atoms with Gasteiger partial charge in [-0.3, -0.25) is 0 Å². The summed E-state index contributed by atoms with van der Waals surface area (Å²) in [5, 5.41) is 5.56. The van der Waals surface area contributed by atoms with E-state index < -0.39 is 0 Å². The summed E-state index contributed by atoms with van der Waals surface area (Å²) in [5.41, 5.74) is 3.69. The first-order valence-electron chi connectivity index (χ1n) is 8.16. The number of ether oxygens (including phenoxy) is 1. The highest BCUT2D eigenvalue weighted by molar-refractivity contribution is 7.98. The first kappa shape index (κ1) is 18.4. The van der Waals surface area contributed by atoms with Gasteiger partial charge >= 0.3 is 12.0 Å². The Morgan fingerprint density at radius 2 is 2.00 bits per heavy atom. The second-order valence-corrected chi connectivity index (χ2v) is 6.58. The van der Waals surface area contributed by atoms with Crippen molar-refractivity contribution in [2.45, 2.75) is 39.0 Å². The van der Waals surface area contributed by atoms with Gasteiger partial charge in [-0.25, -0.2) is 9.59 Å². The quantitative estimate of drug-likeness (QED) is 0.743. The number of hydrogen-bond donors (Lipinski definition) is 2. The largest absolute Gasteiger partial charge is 0.463 e. The van der Waals surface area contributed by atoms with Crippen molar-refractivity contribution in [3.8, 4) is 0 Å². The Kier molecular flexibility index (Phi) is 6.73. The monoisotopic (exact) mass is 348 g/mol. The zero-order chi connectivity index (χ0) is 17.5. The van der Waals surface area contributed by atoms with Crippen LogP contribution in [0.2, 0.25) is 0 Å². The molecular formula is C18H24N2O3S. The lowest BCUT2D eigenvalue weighted by Crippen LogP contribution is -2.50. The molecule has 0 spiro atoms. The molecule has 0 aromatic heterocycles. The van der Waals surface area contributed by atoms with Crippen LogP contribution in [0, 0.1) is 6.92 Å². The number of esters is 1. The highest BCUT2D eigenvalue weighted by Crippen LogP contribution is 2.23. The van der Waals surface area contributed by atoms with Crippen molar-refractivity contribution in [1.82, 2.24) is 10.6 Å². The van der Waals surface area contributed by atoms with Crippen molar-refractivity contribution < 1.29 is 14.3 Å². The van der Waals surface area contributed by atoms with Gasteiger partial charge in [-0.05, 0) is 31.4 Å². The van der Waals surface area contributed by atoms with E-state index in [2.05, 4.69) is 29.7 Å². The highest BCUT2D eigenvalue weighted by atomic mass is 32.2. The maximum absolute atomic E-state index is 12.3. The molecule has 0 saturated carbocycles. The molecule has 0 fully saturated rings. The minimum atomic E-state index is -0.358. The van der Waals surface area contributed by atoms with E-state index in [0.717, 1.165) is 5.75 Å². The maximum Gasteiger partial charge on any atom is 0.337 e. The van der Waals surface area contributed by atoms with E-state index >= 15 is 0 Å². The van der Waals surface area contributed by atoms with Gasteiger partial charge in [0.2, 0.25) is 0 Å². The van der Waals surface area contributed by atoms with E-state index in [-0.39, 0.29) is 18.0 Å². The first-order valence-corrected chi connectivity index (χ1v) is 9.32. The van der Waals surface area contributed by atoms with Crippen LogP contribution in [0.4, 0.5) is 4.79 Å². The number of amides is 2. The summed E-state index contributed by atoms with van der Waals surface area (Å²) in [6, 6.07) is 7.65. The zero-order valence-corrected chi connectivity index (χ0v) is 15.2. The molecule has 1 aromatic rings. The molecule has 0 aliphatic carbocycles. The van der Waals surface area contributed by atoms with Gasteiger partial charge in [0.1, 0.15) is 0 Å². The van der Waals surface area contributed by atoms with Crippen LogP contribution in [-0.2, 0) is 15.3 Å². The minimum absolute atomic E-state index is 0.263. The molecule has 2 N–H and O–H groups in total. The lowest BCUT2D eigenvalue weighted by Gasteiger charge is -2.28. The molecule has 0 unspecified atom stereocenters. The fourth-order valence-electron chi connectivity index (χ4n) is 2.61. The maximum atomic E-state index is 12.3. The molecule has 130 valence electrons. The summed E-state index contributed by atoms with van der Waals surface area (Å²) >= 11 is 1.67. The Bertz CT molecular complexity index is 643. The highest BCUT2D eigenvalue weighted by Gasteiger charge is 2.31. The van der Waals surface area contributed by atoms with Crippen LogP contribution in [0.1, 0.15) is 31.4 Å². The molecule has 2 amide bonds. The summed E-state index contributed by atoms with van der Waals surface area (Å²) in [4.78, 5) is 24.1. The second kappa shape index (κ2) is 8.78. The van der Waals surface area contributed by atoms with Crippen molar-refractivity contribution in [1.29, 1.82) is 0 Å². The van der Waals surface area contributed by atoms with E-state index in [1.165, 1.54) is 11.1 Å². The molecule has 1 heterocycles. The van der Waals surface area contributed by atoms with Gasteiger partial charge in [0.05, 0.1) is 18.2 Å². The number of aryl methyl sites for hydroxylation is 1. The molecule has 1 aliphatic rings. The van der Waals surface area contributed by atoms with Crippen molar-refractivity contribution in [2.24, 2.45) is 0 Å². The molecule has 1 aliphatic heterocycles. The standard InChI is InChI=1S/C18H24N2O3S/c1-4-14-16(17(21)23-5-2)15(20-18(22)19-14)11-24-10-13-9-7-6-8-12(13)3/h6-9,14H,4-5,10-11H2,1-3H3,(H2,19,20,22)/t14-/m0/s1. The third-order valence-electron chi connectivity index (χ3n) is 3.91. The lowest BCUT2D eigenvalue weighted by molar-refractivity contribution is -0.139. The Hall–Kier alpha value is -1.95. The topological polar surface area (TPSA) is 67.4 Å². The van der Waals surface area contributed by atoms with Crippen molar-refractivity contribution in [3.63, 3.8) is 0 Å². The first-order chi connectivity index (χ1) is 11.6. The van der Waals surface area contributed by atoms with E-state index in [0.29, 0.717) is 30.1 Å². The predicted molar refractivity (Wildman–Crippen MR) is 96.7 cm³/mol. The van der Waals surface area contributed by atoms with Crippen molar-refractivity contribution in [2.75, 3.05) is 12.4 Å². The van der Waals surface area contributed by atoms with E-state index in [4.69, 9.17) is 4.74 Å². The molecular weight excluding hydrogens is 324 g/mol. The van der Waals surface area contributed by atoms with Crippen molar-refractivity contribution in [3.05, 3.63) is 46.7 Å². The van der Waals surface area contributed by atoms with Gasteiger partial charge in [0, 0.05) is 17.2 Å². The number of urea groups is 1. The van der Waals surface area contributed by atoms with Crippen LogP contribution in [0.25, 0.3) is 0 Å². The zero-order valence-electron chi connectivity index (χ0n) is 14.3. The number of carbonyl (C=O) groups is 2. The number of rotatable bonds is 7. The van der Waals surface area contributed by atoms with Gasteiger partial charge in [0.15, 0.2) is 0 Å². The Morgan fingerprint density at radius 1 is 1.25 bits per heavy atom. The number of carbonyl (C=O) groups excluding carboxylic acids is 2. The molecule has 2 rings (SSSR count).